The Labute approximate surface area is 76.4 Å². The molecule has 12 heavy (non-hydrogen) atoms. The van der Waals surface area contributed by atoms with E-state index in [9.17, 15) is 8.42 Å². The number of sulfone groups is 1. The molecule has 1 N–H and O–H groups in total. The number of hydrogen-bond acceptors (Lipinski definition) is 3. The molecule has 0 heterocycles. The average molecular weight is 206 g/mol. The van der Waals surface area contributed by atoms with Crippen molar-refractivity contribution < 1.29 is 8.42 Å². The van der Waals surface area contributed by atoms with Gasteiger partial charge in [0.1, 0.15) is 0 Å². The first-order valence-corrected chi connectivity index (χ1v) is 5.48. The Morgan fingerprint density at radius 3 is 2.33 bits per heavy atom. The quantitative estimate of drug-likeness (QED) is 0.747. The van der Waals surface area contributed by atoms with Crippen molar-refractivity contribution in [3.63, 3.8) is 0 Å². The molecule has 1 aromatic rings. The van der Waals surface area contributed by atoms with Crippen molar-refractivity contribution in [1.29, 1.82) is 0 Å². The van der Waals surface area contributed by atoms with Crippen molar-refractivity contribution in [1.82, 2.24) is 0 Å². The van der Waals surface area contributed by atoms with E-state index < -0.39 is 9.84 Å². The summed E-state index contributed by atoms with van der Waals surface area (Å²) in [5.41, 5.74) is 0.404. The van der Waals surface area contributed by atoms with Crippen molar-refractivity contribution in [3.05, 3.63) is 24.3 Å². The molecule has 5 heteroatoms. The van der Waals surface area contributed by atoms with Crippen molar-refractivity contribution in [2.24, 2.45) is 0 Å². The molecular weight excluding hydrogens is 198 g/mol. The highest BCUT2D eigenvalue weighted by atomic mass is 35.5. The molecule has 0 amide bonds. The number of para-hydroxylation sites is 1. The summed E-state index contributed by atoms with van der Waals surface area (Å²) in [5.74, 6) is 0. The summed E-state index contributed by atoms with van der Waals surface area (Å²) in [6.07, 6.45) is 1.14. The SMILES string of the molecule is CS(=O)(=O)c1ccccc1NCl. The van der Waals surface area contributed by atoms with E-state index in [-0.39, 0.29) is 4.90 Å². The summed E-state index contributed by atoms with van der Waals surface area (Å²) in [6.45, 7) is 0. The highest BCUT2D eigenvalue weighted by Gasteiger charge is 2.10. The van der Waals surface area contributed by atoms with Crippen molar-refractivity contribution in [2.45, 2.75) is 4.90 Å². The minimum absolute atomic E-state index is 0.208. The molecule has 0 spiro atoms. The van der Waals surface area contributed by atoms with Gasteiger partial charge in [-0.1, -0.05) is 12.1 Å². The molecular formula is C7H8ClNO2S. The summed E-state index contributed by atoms with van der Waals surface area (Å²) < 4.78 is 22.2. The predicted molar refractivity (Wildman–Crippen MR) is 49.0 cm³/mol. The fraction of sp³-hybridized carbons (Fsp3) is 0.143. The summed E-state index contributed by atoms with van der Waals surface area (Å²) in [5, 5.41) is 0. The second kappa shape index (κ2) is 3.33. The molecule has 0 fully saturated rings. The molecule has 0 saturated carbocycles. The fourth-order valence-electron chi connectivity index (χ4n) is 0.868. The second-order valence-corrected chi connectivity index (χ2v) is 4.54. The zero-order valence-corrected chi connectivity index (χ0v) is 7.98. The maximum absolute atomic E-state index is 11.1. The molecule has 0 aromatic heterocycles. The Hall–Kier alpha value is -0.740. The van der Waals surface area contributed by atoms with Gasteiger partial charge in [-0.2, -0.15) is 0 Å². The lowest BCUT2D eigenvalue weighted by Crippen LogP contribution is -1.99. The van der Waals surface area contributed by atoms with Gasteiger partial charge in [-0.05, 0) is 12.1 Å². The first kappa shape index (κ1) is 9.35. The third-order valence-electron chi connectivity index (χ3n) is 1.39. The Bertz CT molecular complexity index is 375. The Balaban J connectivity index is 3.33. The van der Waals surface area contributed by atoms with E-state index in [0.717, 1.165) is 6.26 Å². The van der Waals surface area contributed by atoms with Crippen LogP contribution in [0.1, 0.15) is 0 Å². The third kappa shape index (κ3) is 1.89. The molecule has 0 saturated heterocycles. The third-order valence-corrected chi connectivity index (χ3v) is 2.75. The van der Waals surface area contributed by atoms with E-state index in [2.05, 4.69) is 4.84 Å². The molecule has 66 valence electrons. The monoisotopic (exact) mass is 205 g/mol. The van der Waals surface area contributed by atoms with E-state index in [0.29, 0.717) is 5.69 Å². The number of nitrogens with one attached hydrogen (secondary N) is 1. The van der Waals surface area contributed by atoms with Crippen LogP contribution in [0, 0.1) is 0 Å². The van der Waals surface area contributed by atoms with Gasteiger partial charge >= 0.3 is 0 Å². The topological polar surface area (TPSA) is 46.2 Å². The predicted octanol–water partition coefficient (Wildman–Crippen LogP) is 1.66. The number of rotatable bonds is 2. The van der Waals surface area contributed by atoms with Crippen LogP contribution >= 0.6 is 11.8 Å². The van der Waals surface area contributed by atoms with Crippen LogP contribution in [0.2, 0.25) is 0 Å². The van der Waals surface area contributed by atoms with E-state index >= 15 is 0 Å². The fourth-order valence-corrected chi connectivity index (χ4v) is 1.93. The van der Waals surface area contributed by atoms with Crippen LogP contribution in [0.5, 0.6) is 0 Å². The summed E-state index contributed by atoms with van der Waals surface area (Å²) in [4.78, 5) is 2.50. The van der Waals surface area contributed by atoms with Crippen LogP contribution in [0.4, 0.5) is 5.69 Å². The smallest absolute Gasteiger partial charge is 0.177 e. The Morgan fingerprint density at radius 2 is 1.92 bits per heavy atom. The second-order valence-electron chi connectivity index (χ2n) is 2.36. The minimum Gasteiger partial charge on any atom is -0.297 e. The van der Waals surface area contributed by atoms with Crippen LogP contribution < -0.4 is 4.84 Å². The minimum atomic E-state index is -3.19. The molecule has 0 aliphatic heterocycles. The molecule has 0 bridgehead atoms. The molecule has 0 aliphatic carbocycles. The van der Waals surface area contributed by atoms with Crippen LogP contribution in [0.3, 0.4) is 0 Å². The van der Waals surface area contributed by atoms with Gasteiger partial charge < -0.3 is 0 Å². The van der Waals surface area contributed by atoms with Gasteiger partial charge in [-0.15, -0.1) is 0 Å². The van der Waals surface area contributed by atoms with E-state index in [1.165, 1.54) is 6.07 Å². The zero-order chi connectivity index (χ0) is 9.19. The molecule has 0 radical (unpaired) electrons. The first-order chi connectivity index (χ1) is 5.55. The standard InChI is InChI=1S/C7H8ClNO2S/c1-12(10,11)7-5-3-2-4-6(7)9-8/h2-5,9H,1H3. The van der Waals surface area contributed by atoms with E-state index in [1.54, 1.807) is 18.2 Å². The summed E-state index contributed by atoms with van der Waals surface area (Å²) >= 11 is 5.32. The molecule has 3 nitrogen and oxygen atoms in total. The normalized spacial score (nSPS) is 11.2. The van der Waals surface area contributed by atoms with Crippen LogP contribution in [-0.2, 0) is 9.84 Å². The lowest BCUT2D eigenvalue weighted by atomic mass is 10.3. The lowest BCUT2D eigenvalue weighted by Gasteiger charge is -2.03. The van der Waals surface area contributed by atoms with Crippen molar-refractivity contribution in [2.75, 3.05) is 11.1 Å². The molecule has 0 atom stereocenters. The number of halogens is 1. The van der Waals surface area contributed by atoms with E-state index in [4.69, 9.17) is 11.8 Å². The van der Waals surface area contributed by atoms with Crippen molar-refractivity contribution in [3.8, 4) is 0 Å². The molecule has 1 aromatic carbocycles. The van der Waals surface area contributed by atoms with Gasteiger partial charge in [0.15, 0.2) is 9.84 Å². The van der Waals surface area contributed by atoms with Crippen LogP contribution in [0.25, 0.3) is 0 Å². The van der Waals surface area contributed by atoms with Gasteiger partial charge in [0.05, 0.1) is 10.6 Å². The van der Waals surface area contributed by atoms with Gasteiger partial charge in [0, 0.05) is 18.0 Å². The van der Waals surface area contributed by atoms with Gasteiger partial charge in [-0.25, -0.2) is 8.42 Å². The number of anilines is 1. The van der Waals surface area contributed by atoms with Crippen LogP contribution in [0.15, 0.2) is 29.2 Å². The largest absolute Gasteiger partial charge is 0.297 e. The Morgan fingerprint density at radius 1 is 1.33 bits per heavy atom. The van der Waals surface area contributed by atoms with E-state index in [1.807, 2.05) is 0 Å². The van der Waals surface area contributed by atoms with Crippen molar-refractivity contribution >= 4 is 27.3 Å². The van der Waals surface area contributed by atoms with Gasteiger partial charge in [0.25, 0.3) is 0 Å². The zero-order valence-electron chi connectivity index (χ0n) is 6.41. The maximum atomic E-state index is 11.1. The van der Waals surface area contributed by atoms with Gasteiger partial charge in [-0.3, -0.25) is 4.84 Å². The molecule has 0 aliphatic rings. The lowest BCUT2D eigenvalue weighted by molar-refractivity contribution is 0.602. The highest BCUT2D eigenvalue weighted by molar-refractivity contribution is 7.90. The Kier molecular flexibility index (Phi) is 2.59. The molecule has 0 unspecified atom stereocenters. The van der Waals surface area contributed by atoms with Gasteiger partial charge in [0.2, 0.25) is 0 Å². The average Bonchev–Trinajstić information content (AvgIpc) is 2.03. The number of hydrogen-bond donors (Lipinski definition) is 1. The van der Waals surface area contributed by atoms with Crippen LogP contribution in [-0.4, -0.2) is 14.7 Å². The summed E-state index contributed by atoms with van der Waals surface area (Å²) in [7, 11) is -3.19. The summed E-state index contributed by atoms with van der Waals surface area (Å²) in [6, 6.07) is 6.46. The highest BCUT2D eigenvalue weighted by Crippen LogP contribution is 2.20. The first-order valence-electron chi connectivity index (χ1n) is 3.21. The number of benzene rings is 1. The maximum Gasteiger partial charge on any atom is 0.177 e. The molecule has 1 rings (SSSR count).